The van der Waals surface area contributed by atoms with Crippen molar-refractivity contribution in [2.75, 3.05) is 31.3 Å². The molecule has 0 aromatic rings. The van der Waals surface area contributed by atoms with Gasteiger partial charge in [0.05, 0.1) is 12.5 Å². The van der Waals surface area contributed by atoms with Gasteiger partial charge in [0.15, 0.2) is 0 Å². The molecule has 0 unspecified atom stereocenters. The summed E-state index contributed by atoms with van der Waals surface area (Å²) in [6, 6.07) is 0. The molecule has 19 heavy (non-hydrogen) atoms. The molecule has 0 heterocycles. The molecule has 0 bridgehead atoms. The van der Waals surface area contributed by atoms with Crippen LogP contribution in [0.3, 0.4) is 0 Å². The molecule has 0 saturated carbocycles. The van der Waals surface area contributed by atoms with Crippen LogP contribution in [0.5, 0.6) is 0 Å². The molecule has 0 aliphatic rings. The van der Waals surface area contributed by atoms with Gasteiger partial charge < -0.3 is 9.47 Å². The summed E-state index contributed by atoms with van der Waals surface area (Å²) in [5.74, 6) is 2.46. The molecular formula is C14H28O3S2. The summed E-state index contributed by atoms with van der Waals surface area (Å²) in [5.41, 5.74) is 0. The fraction of sp³-hybridized carbons (Fsp3) is 0.929. The number of hydrogen-bond acceptors (Lipinski definition) is 5. The molecule has 0 spiro atoms. The molecule has 0 radical (unpaired) electrons. The molecule has 0 fully saturated rings. The largest absolute Gasteiger partial charge is 0.465 e. The summed E-state index contributed by atoms with van der Waals surface area (Å²) in [6.45, 7) is 10.3. The van der Waals surface area contributed by atoms with Gasteiger partial charge in [0.1, 0.15) is 6.61 Å². The lowest BCUT2D eigenvalue weighted by Crippen LogP contribution is -2.13. The minimum Gasteiger partial charge on any atom is -0.465 e. The zero-order valence-corrected chi connectivity index (χ0v) is 14.3. The highest BCUT2D eigenvalue weighted by molar-refractivity contribution is 8.76. The smallest absolute Gasteiger partial charge is 0.308 e. The number of rotatable bonds is 12. The summed E-state index contributed by atoms with van der Waals surface area (Å²) in [6.07, 6.45) is 2.39. The fourth-order valence-electron chi connectivity index (χ4n) is 1.25. The van der Waals surface area contributed by atoms with Gasteiger partial charge in [-0.2, -0.15) is 0 Å². The highest BCUT2D eigenvalue weighted by Gasteiger charge is 2.07. The first-order valence-electron chi connectivity index (χ1n) is 7.02. The minimum atomic E-state index is -0.112. The summed E-state index contributed by atoms with van der Waals surface area (Å²) in [5, 5.41) is 0. The maximum Gasteiger partial charge on any atom is 0.308 e. The maximum atomic E-state index is 11.2. The number of hydrogen-bond donors (Lipinski definition) is 0. The van der Waals surface area contributed by atoms with Crippen LogP contribution in [0.25, 0.3) is 0 Å². The van der Waals surface area contributed by atoms with Gasteiger partial charge in [-0.25, -0.2) is 0 Å². The predicted molar refractivity (Wildman–Crippen MR) is 85.6 cm³/mol. The Hall–Kier alpha value is 0.130. The molecule has 0 saturated heterocycles. The van der Waals surface area contributed by atoms with Crippen molar-refractivity contribution >= 4 is 27.6 Å². The van der Waals surface area contributed by atoms with Crippen LogP contribution in [0, 0.1) is 11.8 Å². The van der Waals surface area contributed by atoms with Crippen molar-refractivity contribution in [2.45, 2.75) is 40.5 Å². The topological polar surface area (TPSA) is 35.5 Å². The van der Waals surface area contributed by atoms with Crippen LogP contribution in [0.1, 0.15) is 40.5 Å². The number of carbonyl (C=O) groups excluding carboxylic acids is 1. The fourth-order valence-corrected chi connectivity index (χ4v) is 2.94. The second-order valence-electron chi connectivity index (χ2n) is 5.11. The van der Waals surface area contributed by atoms with Crippen LogP contribution in [-0.2, 0) is 14.3 Å². The van der Waals surface area contributed by atoms with Gasteiger partial charge in [-0.15, -0.1) is 0 Å². The van der Waals surface area contributed by atoms with Crippen LogP contribution in [0.2, 0.25) is 0 Å². The quantitative estimate of drug-likeness (QED) is 0.309. The van der Waals surface area contributed by atoms with E-state index in [1.807, 2.05) is 13.8 Å². The van der Waals surface area contributed by atoms with Crippen molar-refractivity contribution < 1.29 is 14.3 Å². The van der Waals surface area contributed by atoms with E-state index in [1.54, 1.807) is 21.6 Å². The molecule has 0 amide bonds. The summed E-state index contributed by atoms with van der Waals surface area (Å²) in [7, 11) is 3.51. The lowest BCUT2D eigenvalue weighted by atomic mass is 10.1. The first-order chi connectivity index (χ1) is 9.04. The van der Waals surface area contributed by atoms with Crippen molar-refractivity contribution in [3.8, 4) is 0 Å². The molecule has 0 aromatic heterocycles. The summed E-state index contributed by atoms with van der Waals surface area (Å²) in [4.78, 5) is 11.2. The Morgan fingerprint density at radius 1 is 1.00 bits per heavy atom. The van der Waals surface area contributed by atoms with E-state index in [0.717, 1.165) is 37.1 Å². The van der Waals surface area contributed by atoms with E-state index < -0.39 is 0 Å². The van der Waals surface area contributed by atoms with Gasteiger partial charge in [-0.05, 0) is 18.8 Å². The van der Waals surface area contributed by atoms with Gasteiger partial charge in [0.25, 0.3) is 0 Å². The second kappa shape index (κ2) is 13.1. The van der Waals surface area contributed by atoms with E-state index >= 15 is 0 Å². The van der Waals surface area contributed by atoms with Crippen LogP contribution < -0.4 is 0 Å². The van der Waals surface area contributed by atoms with E-state index in [4.69, 9.17) is 9.47 Å². The van der Waals surface area contributed by atoms with Gasteiger partial charge in [-0.3, -0.25) is 4.79 Å². The summed E-state index contributed by atoms with van der Waals surface area (Å²) >= 11 is 0. The van der Waals surface area contributed by atoms with E-state index in [1.165, 1.54) is 6.42 Å². The first kappa shape index (κ1) is 19.1. The normalized spacial score (nSPS) is 11.3. The Kier molecular flexibility index (Phi) is 13.2. The third kappa shape index (κ3) is 14.4. The summed E-state index contributed by atoms with van der Waals surface area (Å²) < 4.78 is 10.6. The molecule has 3 nitrogen and oxygen atoms in total. The molecule has 114 valence electrons. The van der Waals surface area contributed by atoms with Crippen molar-refractivity contribution in [2.24, 2.45) is 11.8 Å². The number of carbonyl (C=O) groups is 1. The van der Waals surface area contributed by atoms with E-state index in [2.05, 4.69) is 13.8 Å². The van der Waals surface area contributed by atoms with E-state index in [0.29, 0.717) is 6.61 Å². The van der Waals surface area contributed by atoms with Crippen molar-refractivity contribution in [1.82, 2.24) is 0 Å². The highest BCUT2D eigenvalue weighted by Crippen LogP contribution is 2.20. The van der Waals surface area contributed by atoms with Crippen molar-refractivity contribution in [3.05, 3.63) is 0 Å². The van der Waals surface area contributed by atoms with Crippen molar-refractivity contribution in [1.29, 1.82) is 0 Å². The van der Waals surface area contributed by atoms with E-state index in [9.17, 15) is 4.79 Å². The molecule has 5 heteroatoms. The van der Waals surface area contributed by atoms with Gasteiger partial charge in [-0.1, -0.05) is 49.3 Å². The Bertz CT molecular complexity index is 221. The predicted octanol–water partition coefficient (Wildman–Crippen LogP) is 4.02. The lowest BCUT2D eigenvalue weighted by molar-refractivity contribution is -0.146. The molecular weight excluding hydrogens is 280 g/mol. The maximum absolute atomic E-state index is 11.2. The Balaban J connectivity index is 3.09. The van der Waals surface area contributed by atoms with Crippen LogP contribution in [0.15, 0.2) is 0 Å². The molecule has 0 N–H and O–H groups in total. The van der Waals surface area contributed by atoms with Crippen LogP contribution in [-0.4, -0.2) is 37.3 Å². The molecule has 0 atom stereocenters. The Morgan fingerprint density at radius 2 is 1.63 bits per heavy atom. The second-order valence-corrected chi connectivity index (χ2v) is 7.82. The molecule has 0 aliphatic heterocycles. The standard InChI is InChI=1S/C14H28O3S2/c1-12(2)6-5-7-16-8-10-18-19-11-9-17-14(15)13(3)4/h12-13H,5-11H2,1-4H3. The molecule has 0 rings (SSSR count). The molecule has 0 aromatic carbocycles. The van der Waals surface area contributed by atoms with Crippen molar-refractivity contribution in [3.63, 3.8) is 0 Å². The number of ether oxygens (including phenoxy) is 2. The Labute approximate surface area is 126 Å². The molecule has 0 aliphatic carbocycles. The monoisotopic (exact) mass is 308 g/mol. The number of esters is 1. The third-order valence-electron chi connectivity index (χ3n) is 2.35. The van der Waals surface area contributed by atoms with E-state index in [-0.39, 0.29) is 11.9 Å². The van der Waals surface area contributed by atoms with Gasteiger partial charge in [0.2, 0.25) is 0 Å². The lowest BCUT2D eigenvalue weighted by Gasteiger charge is -2.07. The Morgan fingerprint density at radius 3 is 2.21 bits per heavy atom. The highest BCUT2D eigenvalue weighted by atomic mass is 33.1. The zero-order chi connectivity index (χ0) is 14.5. The van der Waals surface area contributed by atoms with Gasteiger partial charge >= 0.3 is 5.97 Å². The minimum absolute atomic E-state index is 0.0307. The van der Waals surface area contributed by atoms with Crippen LogP contribution in [0.4, 0.5) is 0 Å². The van der Waals surface area contributed by atoms with Gasteiger partial charge in [0, 0.05) is 18.1 Å². The zero-order valence-electron chi connectivity index (χ0n) is 12.6. The average Bonchev–Trinajstić information content (AvgIpc) is 2.35. The SMILES string of the molecule is CC(C)CCCOCCSSCCOC(=O)C(C)C. The average molecular weight is 309 g/mol. The third-order valence-corrected chi connectivity index (χ3v) is 4.68. The van der Waals surface area contributed by atoms with Crippen LogP contribution >= 0.6 is 21.6 Å². The first-order valence-corrected chi connectivity index (χ1v) is 9.51.